The Bertz CT molecular complexity index is 542. The van der Waals surface area contributed by atoms with E-state index >= 15 is 0 Å². The number of ether oxygens (including phenoxy) is 1. The van der Waals surface area contributed by atoms with Crippen LogP contribution in [0.2, 0.25) is 0 Å². The van der Waals surface area contributed by atoms with Crippen LogP contribution in [0.5, 0.6) is 5.75 Å². The minimum Gasteiger partial charge on any atom is -0.494 e. The van der Waals surface area contributed by atoms with E-state index in [0.717, 1.165) is 17.0 Å². The SMILES string of the molecule is CCOc1cccc(Nc2ncnc(N)c2C)c1. The molecule has 0 radical (unpaired) electrons. The minimum atomic E-state index is 0.480. The second kappa shape index (κ2) is 5.35. The van der Waals surface area contributed by atoms with Crippen LogP contribution in [0.4, 0.5) is 17.3 Å². The number of nitrogen functional groups attached to an aromatic ring is 1. The summed E-state index contributed by atoms with van der Waals surface area (Å²) in [5.74, 6) is 2.01. The topological polar surface area (TPSA) is 73.1 Å². The summed E-state index contributed by atoms with van der Waals surface area (Å²) in [5, 5.41) is 3.20. The van der Waals surface area contributed by atoms with Crippen LogP contribution in [0.1, 0.15) is 12.5 Å². The van der Waals surface area contributed by atoms with E-state index in [9.17, 15) is 0 Å². The summed E-state index contributed by atoms with van der Waals surface area (Å²) in [4.78, 5) is 8.10. The molecule has 1 aromatic heterocycles. The normalized spacial score (nSPS) is 10.1. The van der Waals surface area contributed by atoms with Gasteiger partial charge in [-0.25, -0.2) is 9.97 Å². The molecule has 0 spiro atoms. The third-order valence-corrected chi connectivity index (χ3v) is 2.53. The summed E-state index contributed by atoms with van der Waals surface area (Å²) in [6, 6.07) is 7.70. The van der Waals surface area contributed by atoms with Crippen molar-refractivity contribution >= 4 is 17.3 Å². The van der Waals surface area contributed by atoms with Crippen LogP contribution in [0.25, 0.3) is 0 Å². The summed E-state index contributed by atoms with van der Waals surface area (Å²) in [6.07, 6.45) is 1.44. The van der Waals surface area contributed by atoms with Crippen LogP contribution < -0.4 is 15.8 Å². The summed E-state index contributed by atoms with van der Waals surface area (Å²) in [5.41, 5.74) is 7.47. The highest BCUT2D eigenvalue weighted by atomic mass is 16.5. The maximum Gasteiger partial charge on any atom is 0.138 e. The molecular formula is C13H16N4O. The van der Waals surface area contributed by atoms with Crippen LogP contribution >= 0.6 is 0 Å². The molecule has 3 N–H and O–H groups in total. The second-order valence-electron chi connectivity index (χ2n) is 3.82. The Hall–Kier alpha value is -2.30. The molecule has 0 atom stereocenters. The minimum absolute atomic E-state index is 0.480. The molecule has 0 bridgehead atoms. The largest absolute Gasteiger partial charge is 0.494 e. The van der Waals surface area contributed by atoms with Gasteiger partial charge in [-0.1, -0.05) is 6.07 Å². The maximum atomic E-state index is 5.74. The van der Waals surface area contributed by atoms with Crippen molar-refractivity contribution in [3.63, 3.8) is 0 Å². The van der Waals surface area contributed by atoms with Gasteiger partial charge in [0.25, 0.3) is 0 Å². The van der Waals surface area contributed by atoms with E-state index in [1.165, 1.54) is 6.33 Å². The fourth-order valence-electron chi connectivity index (χ4n) is 1.56. The lowest BCUT2D eigenvalue weighted by Gasteiger charge is -2.10. The average Bonchev–Trinajstić information content (AvgIpc) is 2.36. The zero-order valence-corrected chi connectivity index (χ0v) is 10.5. The fourth-order valence-corrected chi connectivity index (χ4v) is 1.56. The van der Waals surface area contributed by atoms with E-state index in [4.69, 9.17) is 10.5 Å². The molecule has 5 nitrogen and oxygen atoms in total. The van der Waals surface area contributed by atoms with Crippen LogP contribution in [-0.4, -0.2) is 16.6 Å². The zero-order valence-electron chi connectivity index (χ0n) is 10.5. The molecule has 2 rings (SSSR count). The molecule has 0 aliphatic heterocycles. The van der Waals surface area contributed by atoms with Gasteiger partial charge in [-0.15, -0.1) is 0 Å². The maximum absolute atomic E-state index is 5.74. The highest BCUT2D eigenvalue weighted by Crippen LogP contribution is 2.23. The molecular weight excluding hydrogens is 228 g/mol. The third-order valence-electron chi connectivity index (χ3n) is 2.53. The number of hydrogen-bond acceptors (Lipinski definition) is 5. The molecule has 0 fully saturated rings. The molecule has 5 heteroatoms. The van der Waals surface area contributed by atoms with E-state index in [2.05, 4.69) is 15.3 Å². The van der Waals surface area contributed by atoms with Gasteiger partial charge < -0.3 is 15.8 Å². The van der Waals surface area contributed by atoms with Crippen molar-refractivity contribution < 1.29 is 4.74 Å². The Morgan fingerprint density at radius 2 is 2.17 bits per heavy atom. The van der Waals surface area contributed by atoms with Crippen molar-refractivity contribution in [2.24, 2.45) is 0 Å². The van der Waals surface area contributed by atoms with E-state index < -0.39 is 0 Å². The predicted octanol–water partition coefficient (Wildman–Crippen LogP) is 2.51. The summed E-state index contributed by atoms with van der Waals surface area (Å²) in [7, 11) is 0. The van der Waals surface area contributed by atoms with Crippen LogP contribution in [0.3, 0.4) is 0 Å². The van der Waals surface area contributed by atoms with Crippen molar-refractivity contribution in [2.45, 2.75) is 13.8 Å². The second-order valence-corrected chi connectivity index (χ2v) is 3.82. The van der Waals surface area contributed by atoms with Gasteiger partial charge in [-0.2, -0.15) is 0 Å². The fraction of sp³-hybridized carbons (Fsp3) is 0.231. The van der Waals surface area contributed by atoms with Crippen LogP contribution in [0.15, 0.2) is 30.6 Å². The Kier molecular flexibility index (Phi) is 3.62. The number of benzene rings is 1. The molecule has 0 aliphatic carbocycles. The molecule has 94 valence electrons. The number of nitrogens with two attached hydrogens (primary N) is 1. The molecule has 1 heterocycles. The Balaban J connectivity index is 2.23. The smallest absolute Gasteiger partial charge is 0.138 e. The monoisotopic (exact) mass is 244 g/mol. The predicted molar refractivity (Wildman–Crippen MR) is 72.1 cm³/mol. The number of aromatic nitrogens is 2. The first-order valence-electron chi connectivity index (χ1n) is 5.77. The van der Waals surface area contributed by atoms with Gasteiger partial charge in [-0.05, 0) is 26.0 Å². The van der Waals surface area contributed by atoms with Crippen molar-refractivity contribution in [3.8, 4) is 5.75 Å². The number of nitrogens with zero attached hydrogens (tertiary/aromatic N) is 2. The van der Waals surface area contributed by atoms with Gasteiger partial charge >= 0.3 is 0 Å². The van der Waals surface area contributed by atoms with Crippen LogP contribution in [0, 0.1) is 6.92 Å². The molecule has 0 saturated carbocycles. The lowest BCUT2D eigenvalue weighted by Crippen LogP contribution is -2.02. The molecule has 2 aromatic rings. The lowest BCUT2D eigenvalue weighted by atomic mass is 10.2. The van der Waals surface area contributed by atoms with Gasteiger partial charge in [0.15, 0.2) is 0 Å². The van der Waals surface area contributed by atoms with E-state index in [1.54, 1.807) is 0 Å². The zero-order chi connectivity index (χ0) is 13.0. The molecule has 0 aliphatic rings. The average molecular weight is 244 g/mol. The third kappa shape index (κ3) is 2.68. The van der Waals surface area contributed by atoms with Gasteiger partial charge in [0.2, 0.25) is 0 Å². The first-order valence-corrected chi connectivity index (χ1v) is 5.77. The Morgan fingerprint density at radius 3 is 2.94 bits per heavy atom. The quantitative estimate of drug-likeness (QED) is 0.864. The molecule has 0 amide bonds. The number of hydrogen-bond donors (Lipinski definition) is 2. The highest BCUT2D eigenvalue weighted by Gasteiger charge is 2.04. The Labute approximate surface area is 106 Å². The van der Waals surface area contributed by atoms with E-state index in [-0.39, 0.29) is 0 Å². The van der Waals surface area contributed by atoms with Crippen molar-refractivity contribution in [2.75, 3.05) is 17.7 Å². The number of nitrogens with one attached hydrogen (secondary N) is 1. The molecule has 1 aromatic carbocycles. The molecule has 18 heavy (non-hydrogen) atoms. The van der Waals surface area contributed by atoms with Gasteiger partial charge in [0, 0.05) is 17.3 Å². The number of rotatable bonds is 4. The van der Waals surface area contributed by atoms with Crippen LogP contribution in [-0.2, 0) is 0 Å². The summed E-state index contributed by atoms with van der Waals surface area (Å²) < 4.78 is 5.44. The molecule has 0 unspecified atom stereocenters. The van der Waals surface area contributed by atoms with Gasteiger partial charge in [0.05, 0.1) is 6.61 Å². The number of anilines is 3. The highest BCUT2D eigenvalue weighted by molar-refractivity contribution is 5.64. The van der Waals surface area contributed by atoms with Crippen molar-refractivity contribution in [1.29, 1.82) is 0 Å². The lowest BCUT2D eigenvalue weighted by molar-refractivity contribution is 0.340. The van der Waals surface area contributed by atoms with E-state index in [0.29, 0.717) is 18.2 Å². The molecule has 0 saturated heterocycles. The van der Waals surface area contributed by atoms with E-state index in [1.807, 2.05) is 38.1 Å². The van der Waals surface area contributed by atoms with Gasteiger partial charge in [-0.3, -0.25) is 0 Å². The standard InChI is InChI=1S/C13H16N4O/c1-3-18-11-6-4-5-10(7-11)17-13-9(2)12(14)15-8-16-13/h4-8H,3H2,1-2H3,(H3,14,15,16,17). The summed E-state index contributed by atoms with van der Waals surface area (Å²) in [6.45, 7) is 4.47. The Morgan fingerprint density at radius 1 is 1.33 bits per heavy atom. The van der Waals surface area contributed by atoms with Crippen molar-refractivity contribution in [3.05, 3.63) is 36.2 Å². The first-order chi connectivity index (χ1) is 8.70. The van der Waals surface area contributed by atoms with Gasteiger partial charge in [0.1, 0.15) is 23.7 Å². The van der Waals surface area contributed by atoms with Crippen molar-refractivity contribution in [1.82, 2.24) is 9.97 Å². The first kappa shape index (κ1) is 12.2. The summed E-state index contributed by atoms with van der Waals surface area (Å²) >= 11 is 0.